The highest BCUT2D eigenvalue weighted by atomic mass is 32.2. The summed E-state index contributed by atoms with van der Waals surface area (Å²) in [6, 6.07) is 5.98. The van der Waals surface area contributed by atoms with Gasteiger partial charge in [0.05, 0.1) is 12.0 Å². The SMILES string of the molecule is COc1ccc(S(=O)(=O)N2CCCSCC2(C)C(=O)O)cc1. The molecule has 0 bridgehead atoms. The van der Waals surface area contributed by atoms with Crippen LogP contribution in [0, 0.1) is 0 Å². The number of sulfonamides is 1. The van der Waals surface area contributed by atoms with Gasteiger partial charge in [-0.15, -0.1) is 0 Å². The van der Waals surface area contributed by atoms with Crippen LogP contribution in [0.4, 0.5) is 0 Å². The van der Waals surface area contributed by atoms with E-state index in [1.54, 1.807) is 12.1 Å². The van der Waals surface area contributed by atoms with Crippen molar-refractivity contribution in [3.63, 3.8) is 0 Å². The van der Waals surface area contributed by atoms with Crippen LogP contribution in [-0.4, -0.2) is 54.5 Å². The molecule has 0 aromatic heterocycles. The fourth-order valence-corrected chi connectivity index (χ4v) is 5.34. The van der Waals surface area contributed by atoms with Crippen LogP contribution in [-0.2, 0) is 14.8 Å². The third kappa shape index (κ3) is 3.09. The monoisotopic (exact) mass is 345 g/mol. The minimum atomic E-state index is -3.88. The van der Waals surface area contributed by atoms with Crippen molar-refractivity contribution in [2.75, 3.05) is 25.2 Å². The lowest BCUT2D eigenvalue weighted by atomic mass is 10.1. The summed E-state index contributed by atoms with van der Waals surface area (Å²) in [4.78, 5) is 11.8. The summed E-state index contributed by atoms with van der Waals surface area (Å²) >= 11 is 1.47. The molecule has 1 aliphatic heterocycles. The molecular weight excluding hydrogens is 326 g/mol. The summed E-state index contributed by atoms with van der Waals surface area (Å²) in [6.45, 7) is 1.67. The van der Waals surface area contributed by atoms with Crippen LogP contribution < -0.4 is 4.74 Å². The molecule has 1 N–H and O–H groups in total. The van der Waals surface area contributed by atoms with E-state index < -0.39 is 21.5 Å². The molecule has 1 unspecified atom stereocenters. The van der Waals surface area contributed by atoms with Gasteiger partial charge >= 0.3 is 5.97 Å². The van der Waals surface area contributed by atoms with Crippen molar-refractivity contribution >= 4 is 27.8 Å². The maximum atomic E-state index is 12.9. The smallest absolute Gasteiger partial charge is 0.325 e. The van der Waals surface area contributed by atoms with Crippen LogP contribution in [0.1, 0.15) is 13.3 Å². The van der Waals surface area contributed by atoms with E-state index in [0.29, 0.717) is 12.2 Å². The van der Waals surface area contributed by atoms with E-state index in [1.807, 2.05) is 0 Å². The van der Waals surface area contributed by atoms with Crippen LogP contribution >= 0.6 is 11.8 Å². The van der Waals surface area contributed by atoms with E-state index in [-0.39, 0.29) is 17.2 Å². The molecule has 0 saturated carbocycles. The van der Waals surface area contributed by atoms with Crippen molar-refractivity contribution in [1.29, 1.82) is 0 Å². The predicted octanol–water partition coefficient (Wildman–Crippen LogP) is 1.67. The molecule has 0 amide bonds. The molecular formula is C14H19NO5S2. The number of aliphatic carboxylic acids is 1. The third-order valence-electron chi connectivity index (χ3n) is 3.69. The van der Waals surface area contributed by atoms with Gasteiger partial charge in [0, 0.05) is 12.3 Å². The number of rotatable bonds is 4. The Kier molecular flexibility index (Phi) is 5.03. The average Bonchev–Trinajstić information content (AvgIpc) is 2.70. The highest BCUT2D eigenvalue weighted by molar-refractivity contribution is 7.99. The van der Waals surface area contributed by atoms with Gasteiger partial charge in [0.25, 0.3) is 0 Å². The van der Waals surface area contributed by atoms with Crippen LogP contribution in [0.5, 0.6) is 5.75 Å². The third-order valence-corrected chi connectivity index (χ3v) is 7.07. The predicted molar refractivity (Wildman–Crippen MR) is 84.9 cm³/mol. The Morgan fingerprint density at radius 1 is 1.36 bits per heavy atom. The minimum Gasteiger partial charge on any atom is -0.497 e. The van der Waals surface area contributed by atoms with Gasteiger partial charge in [-0.25, -0.2) is 8.42 Å². The number of methoxy groups -OCH3 is 1. The molecule has 1 aromatic rings. The van der Waals surface area contributed by atoms with E-state index >= 15 is 0 Å². The number of carboxylic acid groups (broad SMARTS) is 1. The van der Waals surface area contributed by atoms with Crippen LogP contribution in [0.2, 0.25) is 0 Å². The maximum absolute atomic E-state index is 12.9. The number of thioether (sulfide) groups is 1. The molecule has 1 aromatic carbocycles. The lowest BCUT2D eigenvalue weighted by Gasteiger charge is -2.34. The molecule has 6 nitrogen and oxygen atoms in total. The fourth-order valence-electron chi connectivity index (χ4n) is 2.33. The van der Waals surface area contributed by atoms with E-state index in [2.05, 4.69) is 0 Å². The second-order valence-electron chi connectivity index (χ2n) is 5.24. The van der Waals surface area contributed by atoms with Gasteiger partial charge in [0.15, 0.2) is 0 Å². The summed E-state index contributed by atoms with van der Waals surface area (Å²) in [7, 11) is -2.38. The number of carboxylic acids is 1. The minimum absolute atomic E-state index is 0.0766. The average molecular weight is 345 g/mol. The Balaban J connectivity index is 2.45. The first kappa shape index (κ1) is 17.1. The normalized spacial score (nSPS) is 23.7. The summed E-state index contributed by atoms with van der Waals surface area (Å²) in [5.74, 6) is 0.403. The highest BCUT2D eigenvalue weighted by Crippen LogP contribution is 2.32. The fraction of sp³-hybridized carbons (Fsp3) is 0.500. The van der Waals surface area contributed by atoms with Crippen LogP contribution in [0.15, 0.2) is 29.2 Å². The molecule has 1 fully saturated rings. The Morgan fingerprint density at radius 2 is 2.00 bits per heavy atom. The van der Waals surface area contributed by atoms with Gasteiger partial charge in [-0.1, -0.05) is 0 Å². The molecule has 22 heavy (non-hydrogen) atoms. The molecule has 1 aliphatic rings. The second-order valence-corrected chi connectivity index (χ2v) is 8.21. The summed E-state index contributed by atoms with van der Waals surface area (Å²) in [6.07, 6.45) is 0.628. The highest BCUT2D eigenvalue weighted by Gasteiger charge is 2.47. The number of carbonyl (C=O) groups is 1. The molecule has 1 heterocycles. The zero-order valence-electron chi connectivity index (χ0n) is 12.5. The Bertz CT molecular complexity index is 644. The zero-order chi connectivity index (χ0) is 16.4. The number of hydrogen-bond donors (Lipinski definition) is 1. The quantitative estimate of drug-likeness (QED) is 0.893. The number of nitrogens with zero attached hydrogens (tertiary/aromatic N) is 1. The molecule has 2 rings (SSSR count). The molecule has 0 aliphatic carbocycles. The lowest BCUT2D eigenvalue weighted by Crippen LogP contribution is -2.56. The van der Waals surface area contributed by atoms with Gasteiger partial charge in [-0.3, -0.25) is 4.79 Å². The van der Waals surface area contributed by atoms with Crippen molar-refractivity contribution in [2.24, 2.45) is 0 Å². The number of hydrogen-bond acceptors (Lipinski definition) is 5. The number of benzene rings is 1. The standard InChI is InChI=1S/C14H19NO5S2/c1-14(13(16)17)10-21-9-3-8-15(14)22(18,19)12-6-4-11(20-2)5-7-12/h4-7H,3,8-10H2,1-2H3,(H,16,17). The van der Waals surface area contributed by atoms with Gasteiger partial charge in [-0.2, -0.15) is 16.1 Å². The molecule has 8 heteroatoms. The summed E-state index contributed by atoms with van der Waals surface area (Å²) in [5, 5.41) is 9.55. The molecule has 0 spiro atoms. The van der Waals surface area contributed by atoms with Crippen molar-refractivity contribution in [3.05, 3.63) is 24.3 Å². The second kappa shape index (κ2) is 6.47. The molecule has 1 saturated heterocycles. The van der Waals surface area contributed by atoms with E-state index in [0.717, 1.165) is 10.1 Å². The van der Waals surface area contributed by atoms with Crippen molar-refractivity contribution in [3.8, 4) is 5.75 Å². The van der Waals surface area contributed by atoms with E-state index in [4.69, 9.17) is 4.74 Å². The summed E-state index contributed by atoms with van der Waals surface area (Å²) in [5.41, 5.74) is -1.44. The largest absolute Gasteiger partial charge is 0.497 e. The zero-order valence-corrected chi connectivity index (χ0v) is 14.1. The van der Waals surface area contributed by atoms with Crippen molar-refractivity contribution < 1.29 is 23.1 Å². The molecule has 0 radical (unpaired) electrons. The van der Waals surface area contributed by atoms with E-state index in [9.17, 15) is 18.3 Å². The van der Waals surface area contributed by atoms with Gasteiger partial charge in [-0.05, 0) is 43.4 Å². The van der Waals surface area contributed by atoms with Gasteiger partial charge in [0.1, 0.15) is 11.3 Å². The Hall–Kier alpha value is -1.25. The topological polar surface area (TPSA) is 83.9 Å². The van der Waals surface area contributed by atoms with Gasteiger partial charge < -0.3 is 9.84 Å². The first-order valence-electron chi connectivity index (χ1n) is 6.80. The summed E-state index contributed by atoms with van der Waals surface area (Å²) < 4.78 is 31.9. The first-order chi connectivity index (χ1) is 10.3. The molecule has 1 atom stereocenters. The van der Waals surface area contributed by atoms with Crippen molar-refractivity contribution in [1.82, 2.24) is 4.31 Å². The maximum Gasteiger partial charge on any atom is 0.325 e. The Labute approximate surface area is 134 Å². The van der Waals surface area contributed by atoms with Crippen LogP contribution in [0.25, 0.3) is 0 Å². The molecule has 122 valence electrons. The van der Waals surface area contributed by atoms with E-state index in [1.165, 1.54) is 37.9 Å². The van der Waals surface area contributed by atoms with Crippen LogP contribution in [0.3, 0.4) is 0 Å². The number of ether oxygens (including phenoxy) is 1. The van der Waals surface area contributed by atoms with Crippen molar-refractivity contribution in [2.45, 2.75) is 23.8 Å². The Morgan fingerprint density at radius 3 is 2.55 bits per heavy atom. The lowest BCUT2D eigenvalue weighted by molar-refractivity contribution is -0.146. The van der Waals surface area contributed by atoms with Gasteiger partial charge in [0.2, 0.25) is 10.0 Å². The first-order valence-corrected chi connectivity index (χ1v) is 9.40.